The third kappa shape index (κ3) is 38.6. The highest BCUT2D eigenvalue weighted by Gasteiger charge is 2.28. The van der Waals surface area contributed by atoms with Gasteiger partial charge in [0.15, 0.2) is 5.78 Å². The summed E-state index contributed by atoms with van der Waals surface area (Å²) in [7, 11) is 0. The van der Waals surface area contributed by atoms with E-state index in [0.29, 0.717) is 12.8 Å². The van der Waals surface area contributed by atoms with Gasteiger partial charge in [0, 0.05) is 12.8 Å². The van der Waals surface area contributed by atoms with E-state index in [1.165, 1.54) is 173 Å². The second kappa shape index (κ2) is 35.6. The van der Waals surface area contributed by atoms with Crippen LogP contribution in [0.15, 0.2) is 12.2 Å². The van der Waals surface area contributed by atoms with E-state index in [9.17, 15) is 9.59 Å². The van der Waals surface area contributed by atoms with Gasteiger partial charge < -0.3 is 4.74 Å². The van der Waals surface area contributed by atoms with Crippen LogP contribution in [0.1, 0.15) is 273 Å². The SMILES string of the molecule is CCCCCCCCCCCCCCCCCC(=O)/C=C/CC(C)(C)CC(CC(C)(C)C)OC(=O)CCCCCCCCCCCCCCCCC. The van der Waals surface area contributed by atoms with Crippen molar-refractivity contribution in [2.24, 2.45) is 10.8 Å². The summed E-state index contributed by atoms with van der Waals surface area (Å²) in [6.45, 7) is 15.7. The number of carbonyl (C=O) groups excluding carboxylic acids is 2. The molecule has 0 aliphatic heterocycles. The quantitative estimate of drug-likeness (QED) is 0.0359. The molecule has 308 valence electrons. The molecule has 0 fully saturated rings. The summed E-state index contributed by atoms with van der Waals surface area (Å²) < 4.78 is 6.12. The van der Waals surface area contributed by atoms with Crippen LogP contribution < -0.4 is 0 Å². The number of allylic oxidation sites excluding steroid dienone is 2. The predicted octanol–water partition coefficient (Wildman–Crippen LogP) is 16.8. The average molecular weight is 731 g/mol. The number of carbonyl (C=O) groups is 2. The van der Waals surface area contributed by atoms with Crippen molar-refractivity contribution >= 4 is 11.8 Å². The summed E-state index contributed by atoms with van der Waals surface area (Å²) in [5.74, 6) is 0.223. The molecule has 0 aromatic rings. The molecule has 0 heterocycles. The van der Waals surface area contributed by atoms with Crippen LogP contribution in [0.5, 0.6) is 0 Å². The van der Waals surface area contributed by atoms with Crippen molar-refractivity contribution in [3.8, 4) is 0 Å². The van der Waals surface area contributed by atoms with Crippen LogP contribution in [-0.4, -0.2) is 17.9 Å². The van der Waals surface area contributed by atoms with Gasteiger partial charge in [-0.15, -0.1) is 0 Å². The molecule has 0 saturated heterocycles. The molecule has 0 saturated carbocycles. The summed E-state index contributed by atoms with van der Waals surface area (Å²) in [5, 5.41) is 0. The van der Waals surface area contributed by atoms with Gasteiger partial charge >= 0.3 is 5.97 Å². The molecular formula is C49H94O3. The first kappa shape index (κ1) is 50.9. The molecule has 3 heteroatoms. The fourth-order valence-electron chi connectivity index (χ4n) is 7.69. The number of unbranched alkanes of at least 4 members (excludes halogenated alkanes) is 28. The fraction of sp³-hybridized carbons (Fsp3) is 0.918. The number of ether oxygens (including phenoxy) is 1. The monoisotopic (exact) mass is 731 g/mol. The molecule has 3 nitrogen and oxygen atoms in total. The zero-order valence-corrected chi connectivity index (χ0v) is 36.7. The van der Waals surface area contributed by atoms with E-state index in [1.54, 1.807) is 0 Å². The average Bonchev–Trinajstić information content (AvgIpc) is 3.07. The van der Waals surface area contributed by atoms with Gasteiger partial charge in [-0.25, -0.2) is 0 Å². The lowest BCUT2D eigenvalue weighted by molar-refractivity contribution is -0.152. The van der Waals surface area contributed by atoms with Gasteiger partial charge in [0.05, 0.1) is 0 Å². The Morgan fingerprint density at radius 1 is 0.462 bits per heavy atom. The lowest BCUT2D eigenvalue weighted by Crippen LogP contribution is -2.29. The molecule has 0 aliphatic rings. The zero-order chi connectivity index (χ0) is 38.6. The maximum Gasteiger partial charge on any atom is 0.306 e. The van der Waals surface area contributed by atoms with Crippen molar-refractivity contribution < 1.29 is 14.3 Å². The van der Waals surface area contributed by atoms with Gasteiger partial charge in [-0.3, -0.25) is 9.59 Å². The van der Waals surface area contributed by atoms with E-state index in [2.05, 4.69) is 54.5 Å². The van der Waals surface area contributed by atoms with Crippen molar-refractivity contribution in [1.29, 1.82) is 0 Å². The topological polar surface area (TPSA) is 43.4 Å². The Hall–Kier alpha value is -1.12. The van der Waals surface area contributed by atoms with Gasteiger partial charge in [0.1, 0.15) is 6.10 Å². The minimum atomic E-state index is -0.0803. The molecule has 1 atom stereocenters. The van der Waals surface area contributed by atoms with Crippen molar-refractivity contribution in [3.63, 3.8) is 0 Å². The summed E-state index contributed by atoms with van der Waals surface area (Å²) in [6, 6.07) is 0. The van der Waals surface area contributed by atoms with Crippen molar-refractivity contribution in [2.75, 3.05) is 0 Å². The van der Waals surface area contributed by atoms with E-state index in [1.807, 2.05) is 6.08 Å². The molecule has 0 spiro atoms. The molecule has 1 unspecified atom stereocenters. The van der Waals surface area contributed by atoms with Crippen molar-refractivity contribution in [1.82, 2.24) is 0 Å². The molecule has 0 N–H and O–H groups in total. The second-order valence-electron chi connectivity index (χ2n) is 18.7. The van der Waals surface area contributed by atoms with Gasteiger partial charge in [-0.2, -0.15) is 0 Å². The maximum absolute atomic E-state index is 12.9. The highest BCUT2D eigenvalue weighted by atomic mass is 16.5. The van der Waals surface area contributed by atoms with Gasteiger partial charge in [0.2, 0.25) is 0 Å². The van der Waals surface area contributed by atoms with Gasteiger partial charge in [0.25, 0.3) is 0 Å². The molecule has 0 aromatic carbocycles. The van der Waals surface area contributed by atoms with Crippen LogP contribution in [-0.2, 0) is 14.3 Å². The first-order chi connectivity index (χ1) is 25.0. The smallest absolute Gasteiger partial charge is 0.306 e. The van der Waals surface area contributed by atoms with Crippen LogP contribution in [0, 0.1) is 10.8 Å². The third-order valence-electron chi connectivity index (χ3n) is 10.9. The summed E-state index contributed by atoms with van der Waals surface area (Å²) >= 11 is 0. The van der Waals surface area contributed by atoms with E-state index in [0.717, 1.165) is 38.5 Å². The molecule has 0 rings (SSSR count). The minimum absolute atomic E-state index is 0.0315. The Morgan fingerprint density at radius 2 is 0.788 bits per heavy atom. The van der Waals surface area contributed by atoms with Crippen LogP contribution in [0.4, 0.5) is 0 Å². The zero-order valence-electron chi connectivity index (χ0n) is 36.7. The summed E-state index contributed by atoms with van der Waals surface area (Å²) in [4.78, 5) is 25.4. The second-order valence-corrected chi connectivity index (χ2v) is 18.7. The Labute approximate surface area is 327 Å². The number of hydrogen-bond acceptors (Lipinski definition) is 3. The molecule has 0 amide bonds. The minimum Gasteiger partial charge on any atom is -0.462 e. The molecule has 0 aromatic heterocycles. The van der Waals surface area contributed by atoms with E-state index in [-0.39, 0.29) is 28.7 Å². The Morgan fingerprint density at radius 3 is 1.13 bits per heavy atom. The first-order valence-electron chi connectivity index (χ1n) is 23.4. The Kier molecular flexibility index (Phi) is 34.8. The lowest BCUT2D eigenvalue weighted by atomic mass is 9.78. The summed E-state index contributed by atoms with van der Waals surface area (Å²) in [6.07, 6.45) is 47.6. The first-order valence-corrected chi connectivity index (χ1v) is 23.4. The summed E-state index contributed by atoms with van der Waals surface area (Å²) in [5.41, 5.74) is 0.0605. The van der Waals surface area contributed by atoms with Crippen LogP contribution >= 0.6 is 0 Å². The van der Waals surface area contributed by atoms with Crippen molar-refractivity contribution in [3.05, 3.63) is 12.2 Å². The predicted molar refractivity (Wildman–Crippen MR) is 230 cm³/mol. The maximum atomic E-state index is 12.9. The highest BCUT2D eigenvalue weighted by molar-refractivity contribution is 5.89. The molecule has 52 heavy (non-hydrogen) atoms. The van der Waals surface area contributed by atoms with Crippen LogP contribution in [0.25, 0.3) is 0 Å². The fourth-order valence-corrected chi connectivity index (χ4v) is 7.69. The van der Waals surface area contributed by atoms with Crippen molar-refractivity contribution in [2.45, 2.75) is 279 Å². The van der Waals surface area contributed by atoms with Gasteiger partial charge in [-0.1, -0.05) is 234 Å². The van der Waals surface area contributed by atoms with Crippen LogP contribution in [0.3, 0.4) is 0 Å². The van der Waals surface area contributed by atoms with E-state index < -0.39 is 0 Å². The normalized spacial score (nSPS) is 12.9. The Bertz CT molecular complexity index is 819. The molecule has 0 radical (unpaired) electrons. The third-order valence-corrected chi connectivity index (χ3v) is 10.9. The molecule has 0 bridgehead atoms. The highest BCUT2D eigenvalue weighted by Crippen LogP contribution is 2.34. The number of esters is 1. The lowest BCUT2D eigenvalue weighted by Gasteiger charge is -2.32. The largest absolute Gasteiger partial charge is 0.462 e. The molecular weight excluding hydrogens is 637 g/mol. The number of ketones is 1. The van der Waals surface area contributed by atoms with Crippen LogP contribution in [0.2, 0.25) is 0 Å². The number of rotatable bonds is 39. The van der Waals surface area contributed by atoms with E-state index in [4.69, 9.17) is 4.74 Å². The van der Waals surface area contributed by atoms with Gasteiger partial charge in [-0.05, 0) is 49.0 Å². The standard InChI is InChI=1S/C49H94O3/c1-8-10-12-14-16-18-20-22-24-26-28-30-32-34-36-39-45(50)40-38-42-49(6,7)44-46(43-48(3,4)5)52-47(51)41-37-35-33-31-29-27-25-23-21-19-17-15-13-11-9-2/h38,40,46H,8-37,39,41-44H2,1-7H3/b40-38+. The molecule has 0 aliphatic carbocycles. The number of hydrogen-bond donors (Lipinski definition) is 0. The van der Waals surface area contributed by atoms with E-state index >= 15 is 0 Å². The Balaban J connectivity index is 4.07.